The third-order valence-corrected chi connectivity index (χ3v) is 8.65. The van der Waals surface area contributed by atoms with Gasteiger partial charge in [0.1, 0.15) is 17.9 Å². The van der Waals surface area contributed by atoms with Crippen LogP contribution in [0.5, 0.6) is 0 Å². The molecule has 9 nitrogen and oxygen atoms in total. The SMILES string of the molecule is CC/C=C\C/C=C\C/C=C\C/C=C\C/C=C\C/C=C\CCC(=O)CCCNC(=O)[C@H](CSSC[C@H](NC(C)=O)C(=O)OC)NC(C)=O. The van der Waals surface area contributed by atoms with Gasteiger partial charge in [-0.3, -0.25) is 19.2 Å². The zero-order valence-corrected chi connectivity index (χ0v) is 30.2. The van der Waals surface area contributed by atoms with Crippen LogP contribution in [0.4, 0.5) is 0 Å². The topological polar surface area (TPSA) is 131 Å². The molecule has 0 spiro atoms. The summed E-state index contributed by atoms with van der Waals surface area (Å²) < 4.78 is 4.70. The number of hydrogen-bond acceptors (Lipinski definition) is 8. The highest BCUT2D eigenvalue weighted by Gasteiger charge is 2.22. The van der Waals surface area contributed by atoms with Crippen molar-refractivity contribution in [3.05, 3.63) is 72.9 Å². The number of ketones is 1. The summed E-state index contributed by atoms with van der Waals surface area (Å²) >= 11 is 0. The maximum absolute atomic E-state index is 12.6. The summed E-state index contributed by atoms with van der Waals surface area (Å²) in [5.74, 6) is -0.953. The van der Waals surface area contributed by atoms with Crippen molar-refractivity contribution in [1.82, 2.24) is 16.0 Å². The molecule has 3 amide bonds. The van der Waals surface area contributed by atoms with E-state index in [1.54, 1.807) is 0 Å². The molecule has 0 saturated carbocycles. The van der Waals surface area contributed by atoms with Crippen LogP contribution in [0.3, 0.4) is 0 Å². The third kappa shape index (κ3) is 28.6. The Kier molecular flexibility index (Phi) is 29.1. The predicted octanol–water partition coefficient (Wildman–Crippen LogP) is 6.49. The number of allylic oxidation sites excluding steroid dienone is 12. The second-order valence-corrected chi connectivity index (χ2v) is 13.0. The predicted molar refractivity (Wildman–Crippen MR) is 197 cm³/mol. The highest BCUT2D eigenvalue weighted by atomic mass is 33.1. The second kappa shape index (κ2) is 31.3. The highest BCUT2D eigenvalue weighted by molar-refractivity contribution is 8.76. The van der Waals surface area contributed by atoms with Crippen LogP contribution >= 0.6 is 21.6 Å². The average molecular weight is 690 g/mol. The Bertz CT molecular complexity index is 1100. The average Bonchev–Trinajstić information content (AvgIpc) is 3.04. The van der Waals surface area contributed by atoms with Gasteiger partial charge >= 0.3 is 5.97 Å². The number of methoxy groups -OCH3 is 1. The number of hydrogen-bond donors (Lipinski definition) is 3. The lowest BCUT2D eigenvalue weighted by molar-refractivity contribution is -0.144. The van der Waals surface area contributed by atoms with E-state index in [4.69, 9.17) is 4.74 Å². The van der Waals surface area contributed by atoms with Crippen LogP contribution in [0.2, 0.25) is 0 Å². The number of rotatable bonds is 27. The van der Waals surface area contributed by atoms with Crippen molar-refractivity contribution in [2.24, 2.45) is 0 Å². The summed E-state index contributed by atoms with van der Waals surface area (Å²) in [6.07, 6.45) is 33.6. The lowest BCUT2D eigenvalue weighted by atomic mass is 10.1. The molecule has 2 atom stereocenters. The van der Waals surface area contributed by atoms with Crippen molar-refractivity contribution >= 4 is 51.1 Å². The largest absolute Gasteiger partial charge is 0.467 e. The Hall–Kier alpha value is -3.31. The number of Topliss-reactive ketones (excluding diaryl/α,β-unsaturated/α-hetero) is 1. The van der Waals surface area contributed by atoms with E-state index in [0.717, 1.165) is 38.5 Å². The Labute approximate surface area is 290 Å². The van der Waals surface area contributed by atoms with Crippen LogP contribution in [0.25, 0.3) is 0 Å². The van der Waals surface area contributed by atoms with Crippen LogP contribution in [0, 0.1) is 0 Å². The van der Waals surface area contributed by atoms with Crippen molar-refractivity contribution in [3.63, 3.8) is 0 Å². The van der Waals surface area contributed by atoms with E-state index in [9.17, 15) is 24.0 Å². The smallest absolute Gasteiger partial charge is 0.329 e. The second-order valence-electron chi connectivity index (χ2n) is 10.5. The minimum atomic E-state index is -0.806. The molecule has 0 bridgehead atoms. The van der Waals surface area contributed by atoms with Crippen LogP contribution < -0.4 is 16.0 Å². The molecule has 0 aromatic heterocycles. The lowest BCUT2D eigenvalue weighted by Gasteiger charge is -2.18. The van der Waals surface area contributed by atoms with Gasteiger partial charge in [-0.2, -0.15) is 0 Å². The molecule has 0 unspecified atom stereocenters. The van der Waals surface area contributed by atoms with Crippen LogP contribution in [-0.2, 0) is 28.7 Å². The Morgan fingerprint density at radius 3 is 1.55 bits per heavy atom. The van der Waals surface area contributed by atoms with Gasteiger partial charge in [0.15, 0.2) is 0 Å². The molecule has 11 heteroatoms. The molecule has 0 aromatic rings. The van der Waals surface area contributed by atoms with Gasteiger partial charge in [-0.1, -0.05) is 101 Å². The van der Waals surface area contributed by atoms with Gasteiger partial charge in [-0.25, -0.2) is 4.79 Å². The highest BCUT2D eigenvalue weighted by Crippen LogP contribution is 2.23. The van der Waals surface area contributed by atoms with Gasteiger partial charge in [0.25, 0.3) is 0 Å². The van der Waals surface area contributed by atoms with Crippen LogP contribution in [0.1, 0.15) is 85.0 Å². The fourth-order valence-corrected chi connectivity index (χ4v) is 6.16. The van der Waals surface area contributed by atoms with Gasteiger partial charge in [0, 0.05) is 44.7 Å². The standard InChI is InChI=1S/C36H55N3O6S2/c1-5-6-7-8-9-10-11-12-13-14-15-16-17-18-19-20-21-22-23-25-32(42)26-24-27-37-35(43)33(38-30(2)40)28-46-47-29-34(36(44)45-4)39-31(3)41/h6-7,9-10,12-13,15-16,18-19,21-22,33-34H,5,8,11,14,17,20,23-29H2,1-4H3,(H,37,43)(H,38,40)(H,39,41)/b7-6-,10-9-,13-12-,16-15-,19-18-,22-21-/t33-,34-/m0/s1. The van der Waals surface area contributed by atoms with Gasteiger partial charge in [0.2, 0.25) is 17.7 Å². The van der Waals surface area contributed by atoms with Crippen molar-refractivity contribution in [3.8, 4) is 0 Å². The molecular weight excluding hydrogens is 635 g/mol. The number of esters is 1. The van der Waals surface area contributed by atoms with Crippen LogP contribution in [0.15, 0.2) is 72.9 Å². The summed E-state index contributed by atoms with van der Waals surface area (Å²) in [7, 11) is 3.82. The van der Waals surface area contributed by atoms with E-state index in [1.807, 2.05) is 6.08 Å². The molecule has 3 N–H and O–H groups in total. The number of amides is 3. The van der Waals surface area contributed by atoms with Gasteiger partial charge in [-0.15, -0.1) is 0 Å². The Morgan fingerprint density at radius 1 is 0.638 bits per heavy atom. The van der Waals surface area contributed by atoms with Gasteiger partial charge < -0.3 is 20.7 Å². The van der Waals surface area contributed by atoms with E-state index in [0.29, 0.717) is 32.2 Å². The maximum atomic E-state index is 12.6. The summed E-state index contributed by atoms with van der Waals surface area (Å²) in [6.45, 7) is 5.11. The van der Waals surface area contributed by atoms with E-state index in [2.05, 4.69) is 89.7 Å². The fourth-order valence-electron chi connectivity index (χ4n) is 3.85. The molecule has 0 radical (unpaired) electrons. The molecule has 262 valence electrons. The molecular formula is C36H55N3O6S2. The Morgan fingerprint density at radius 2 is 1.09 bits per heavy atom. The quantitative estimate of drug-likeness (QED) is 0.0386. The molecule has 47 heavy (non-hydrogen) atoms. The lowest BCUT2D eigenvalue weighted by Crippen LogP contribution is -2.47. The van der Waals surface area contributed by atoms with Crippen molar-refractivity contribution in [1.29, 1.82) is 0 Å². The molecule has 0 aliphatic carbocycles. The van der Waals surface area contributed by atoms with E-state index >= 15 is 0 Å². The first-order valence-electron chi connectivity index (χ1n) is 16.3. The van der Waals surface area contributed by atoms with Crippen molar-refractivity contribution in [2.75, 3.05) is 25.2 Å². The molecule has 0 aromatic carbocycles. The minimum Gasteiger partial charge on any atom is -0.467 e. The van der Waals surface area contributed by atoms with Crippen molar-refractivity contribution < 1.29 is 28.7 Å². The Balaban J connectivity index is 4.10. The molecule has 0 aliphatic heterocycles. The molecule has 0 heterocycles. The maximum Gasteiger partial charge on any atom is 0.329 e. The first-order chi connectivity index (χ1) is 22.7. The van der Waals surface area contributed by atoms with Gasteiger partial charge in [-0.05, 0) is 51.4 Å². The number of carbonyl (C=O) groups excluding carboxylic acids is 5. The van der Waals surface area contributed by atoms with Crippen LogP contribution in [-0.4, -0.2) is 66.7 Å². The minimum absolute atomic E-state index is 0.142. The zero-order chi connectivity index (χ0) is 35.0. The number of ether oxygens (including phenoxy) is 1. The number of nitrogens with one attached hydrogen (secondary N) is 3. The number of carbonyl (C=O) groups is 5. The third-order valence-electron chi connectivity index (χ3n) is 6.23. The van der Waals surface area contributed by atoms with E-state index in [1.165, 1.54) is 42.5 Å². The normalized spacial score (nSPS) is 13.3. The fraction of sp³-hybridized carbons (Fsp3) is 0.528. The monoisotopic (exact) mass is 689 g/mol. The molecule has 0 saturated heterocycles. The van der Waals surface area contributed by atoms with Gasteiger partial charge in [0.05, 0.1) is 7.11 Å². The van der Waals surface area contributed by atoms with E-state index < -0.39 is 18.1 Å². The molecule has 0 fully saturated rings. The summed E-state index contributed by atoms with van der Waals surface area (Å²) in [4.78, 5) is 59.6. The summed E-state index contributed by atoms with van der Waals surface area (Å²) in [6, 6.07) is -1.58. The summed E-state index contributed by atoms with van der Waals surface area (Å²) in [5, 5.41) is 7.93. The molecule has 0 aliphatic rings. The van der Waals surface area contributed by atoms with Crippen molar-refractivity contribution in [2.45, 2.75) is 97.1 Å². The zero-order valence-electron chi connectivity index (χ0n) is 28.5. The first-order valence-corrected chi connectivity index (χ1v) is 18.8. The summed E-state index contributed by atoms with van der Waals surface area (Å²) in [5.41, 5.74) is 0. The first kappa shape index (κ1) is 43.7. The molecule has 0 rings (SSSR count). The van der Waals surface area contributed by atoms with E-state index in [-0.39, 0.29) is 35.0 Å².